The maximum absolute atomic E-state index is 8.71. The highest BCUT2D eigenvalue weighted by Gasteiger charge is 2.09. The van der Waals surface area contributed by atoms with E-state index in [4.69, 9.17) is 5.11 Å². The molecule has 0 aromatic carbocycles. The third-order valence-electron chi connectivity index (χ3n) is 2.91. The zero-order valence-corrected chi connectivity index (χ0v) is 10.6. The minimum atomic E-state index is 0.294. The van der Waals surface area contributed by atoms with Crippen molar-refractivity contribution in [1.82, 2.24) is 15.1 Å². The lowest BCUT2D eigenvalue weighted by Gasteiger charge is -2.05. The fraction of sp³-hybridized carbons (Fsp3) is 0.750. The molecule has 92 valence electrons. The van der Waals surface area contributed by atoms with Crippen LogP contribution in [0.15, 0.2) is 0 Å². The Balaban J connectivity index is 2.56. The van der Waals surface area contributed by atoms with Crippen LogP contribution in [-0.4, -0.2) is 28.5 Å². The summed E-state index contributed by atoms with van der Waals surface area (Å²) in [5.41, 5.74) is 3.69. The second-order valence-corrected chi connectivity index (χ2v) is 4.19. The van der Waals surface area contributed by atoms with E-state index >= 15 is 0 Å². The molecule has 0 radical (unpaired) electrons. The number of aromatic nitrogens is 2. The van der Waals surface area contributed by atoms with Crippen LogP contribution in [0.3, 0.4) is 0 Å². The molecule has 0 aliphatic rings. The molecule has 0 saturated carbocycles. The molecule has 2 N–H and O–H groups in total. The van der Waals surface area contributed by atoms with Crippen LogP contribution in [0.4, 0.5) is 0 Å². The molecule has 0 atom stereocenters. The Morgan fingerprint density at radius 1 is 1.25 bits per heavy atom. The smallest absolute Gasteiger partial charge is 0.0641 e. The Bertz CT molecular complexity index is 320. The SMILES string of the molecule is CNCc1c(C)nn(CCCCCO)c1C. The monoisotopic (exact) mass is 225 g/mol. The Kier molecular flexibility index (Phi) is 5.49. The molecular weight excluding hydrogens is 202 g/mol. The highest BCUT2D eigenvalue weighted by molar-refractivity contribution is 5.24. The molecule has 0 amide bonds. The topological polar surface area (TPSA) is 50.1 Å². The van der Waals surface area contributed by atoms with Gasteiger partial charge in [-0.15, -0.1) is 0 Å². The number of nitrogens with zero attached hydrogens (tertiary/aromatic N) is 2. The highest BCUT2D eigenvalue weighted by atomic mass is 16.2. The fourth-order valence-corrected chi connectivity index (χ4v) is 1.93. The van der Waals surface area contributed by atoms with Gasteiger partial charge in [-0.2, -0.15) is 5.10 Å². The predicted molar refractivity (Wildman–Crippen MR) is 65.4 cm³/mol. The Morgan fingerprint density at radius 3 is 2.62 bits per heavy atom. The van der Waals surface area contributed by atoms with Crippen molar-refractivity contribution in [3.63, 3.8) is 0 Å². The fourth-order valence-electron chi connectivity index (χ4n) is 1.93. The lowest BCUT2D eigenvalue weighted by atomic mass is 10.2. The number of nitrogens with one attached hydrogen (secondary N) is 1. The van der Waals surface area contributed by atoms with Gasteiger partial charge in [0.05, 0.1) is 5.69 Å². The molecule has 0 aliphatic carbocycles. The zero-order chi connectivity index (χ0) is 12.0. The van der Waals surface area contributed by atoms with E-state index in [0.717, 1.165) is 38.0 Å². The molecule has 0 unspecified atom stereocenters. The van der Waals surface area contributed by atoms with E-state index in [0.29, 0.717) is 6.61 Å². The number of hydrogen-bond donors (Lipinski definition) is 2. The molecule has 0 fully saturated rings. The molecule has 4 nitrogen and oxygen atoms in total. The number of hydrogen-bond acceptors (Lipinski definition) is 3. The Morgan fingerprint density at radius 2 is 2.00 bits per heavy atom. The normalized spacial score (nSPS) is 11.0. The highest BCUT2D eigenvalue weighted by Crippen LogP contribution is 2.13. The van der Waals surface area contributed by atoms with Gasteiger partial charge < -0.3 is 10.4 Å². The molecule has 1 aromatic rings. The van der Waals surface area contributed by atoms with Crippen molar-refractivity contribution in [2.75, 3.05) is 13.7 Å². The van der Waals surface area contributed by atoms with Crippen molar-refractivity contribution in [1.29, 1.82) is 0 Å². The molecule has 1 rings (SSSR count). The van der Waals surface area contributed by atoms with Gasteiger partial charge in [0.15, 0.2) is 0 Å². The van der Waals surface area contributed by atoms with Gasteiger partial charge in [-0.3, -0.25) is 4.68 Å². The van der Waals surface area contributed by atoms with Gasteiger partial charge in [0, 0.05) is 31.0 Å². The molecule has 0 aliphatic heterocycles. The second kappa shape index (κ2) is 6.66. The van der Waals surface area contributed by atoms with Gasteiger partial charge >= 0.3 is 0 Å². The molecule has 1 heterocycles. The van der Waals surface area contributed by atoms with Gasteiger partial charge in [0.25, 0.3) is 0 Å². The van der Waals surface area contributed by atoms with E-state index in [2.05, 4.69) is 28.9 Å². The molecular formula is C12H23N3O. The van der Waals surface area contributed by atoms with Crippen LogP contribution in [0.25, 0.3) is 0 Å². The summed E-state index contributed by atoms with van der Waals surface area (Å²) in [7, 11) is 1.96. The summed E-state index contributed by atoms with van der Waals surface area (Å²) in [5, 5.41) is 16.4. The quantitative estimate of drug-likeness (QED) is 0.689. The van der Waals surface area contributed by atoms with Gasteiger partial charge in [-0.25, -0.2) is 0 Å². The predicted octanol–water partition coefficient (Wildman–Crippen LogP) is 1.38. The van der Waals surface area contributed by atoms with Gasteiger partial charge in [0.2, 0.25) is 0 Å². The number of rotatable bonds is 7. The number of aryl methyl sites for hydroxylation is 2. The zero-order valence-electron chi connectivity index (χ0n) is 10.6. The molecule has 16 heavy (non-hydrogen) atoms. The van der Waals surface area contributed by atoms with Crippen LogP contribution >= 0.6 is 0 Å². The maximum Gasteiger partial charge on any atom is 0.0641 e. The Labute approximate surface area is 97.7 Å². The average molecular weight is 225 g/mol. The average Bonchev–Trinajstić information content (AvgIpc) is 2.53. The summed E-state index contributed by atoms with van der Waals surface area (Å²) in [6, 6.07) is 0. The summed E-state index contributed by atoms with van der Waals surface area (Å²) in [6.07, 6.45) is 3.04. The maximum atomic E-state index is 8.71. The molecule has 4 heteroatoms. The van der Waals surface area contributed by atoms with E-state index in [9.17, 15) is 0 Å². The van der Waals surface area contributed by atoms with E-state index in [-0.39, 0.29) is 0 Å². The molecule has 0 spiro atoms. The molecule has 0 saturated heterocycles. The van der Waals surface area contributed by atoms with Crippen LogP contribution in [0.1, 0.15) is 36.2 Å². The van der Waals surface area contributed by atoms with Crippen LogP contribution in [0.5, 0.6) is 0 Å². The minimum absolute atomic E-state index is 0.294. The summed E-state index contributed by atoms with van der Waals surface area (Å²) in [6.45, 7) is 6.31. The summed E-state index contributed by atoms with van der Waals surface area (Å²) in [4.78, 5) is 0. The van der Waals surface area contributed by atoms with Crippen molar-refractivity contribution < 1.29 is 5.11 Å². The van der Waals surface area contributed by atoms with E-state index in [1.165, 1.54) is 11.3 Å². The molecule has 1 aromatic heterocycles. The molecule has 0 bridgehead atoms. The minimum Gasteiger partial charge on any atom is -0.396 e. The largest absolute Gasteiger partial charge is 0.396 e. The summed E-state index contributed by atoms with van der Waals surface area (Å²) >= 11 is 0. The van der Waals surface area contributed by atoms with Crippen LogP contribution in [0.2, 0.25) is 0 Å². The van der Waals surface area contributed by atoms with Gasteiger partial charge in [0.1, 0.15) is 0 Å². The van der Waals surface area contributed by atoms with Crippen LogP contribution in [0, 0.1) is 13.8 Å². The van der Waals surface area contributed by atoms with Gasteiger partial charge in [-0.1, -0.05) is 0 Å². The summed E-state index contributed by atoms with van der Waals surface area (Å²) in [5.74, 6) is 0. The third kappa shape index (κ3) is 3.32. The summed E-state index contributed by atoms with van der Waals surface area (Å²) < 4.78 is 2.08. The van der Waals surface area contributed by atoms with Crippen molar-refractivity contribution in [2.45, 2.75) is 46.2 Å². The number of aliphatic hydroxyl groups excluding tert-OH is 1. The standard InChI is InChI=1S/C12H23N3O/c1-10-12(9-13-3)11(2)15(14-10)7-5-4-6-8-16/h13,16H,4-9H2,1-3H3. The third-order valence-corrected chi connectivity index (χ3v) is 2.91. The van der Waals surface area contributed by atoms with Gasteiger partial charge in [-0.05, 0) is 40.2 Å². The lowest BCUT2D eigenvalue weighted by Crippen LogP contribution is -2.08. The number of aliphatic hydroxyl groups is 1. The van der Waals surface area contributed by atoms with E-state index < -0.39 is 0 Å². The first-order valence-corrected chi connectivity index (χ1v) is 5.99. The first-order chi connectivity index (χ1) is 7.70. The first-order valence-electron chi connectivity index (χ1n) is 5.99. The lowest BCUT2D eigenvalue weighted by molar-refractivity contribution is 0.281. The van der Waals surface area contributed by atoms with Crippen molar-refractivity contribution in [3.05, 3.63) is 17.0 Å². The van der Waals surface area contributed by atoms with Crippen molar-refractivity contribution in [2.24, 2.45) is 0 Å². The van der Waals surface area contributed by atoms with E-state index in [1.807, 2.05) is 7.05 Å². The van der Waals surface area contributed by atoms with Crippen LogP contribution in [-0.2, 0) is 13.1 Å². The van der Waals surface area contributed by atoms with Crippen LogP contribution < -0.4 is 5.32 Å². The van der Waals surface area contributed by atoms with E-state index in [1.54, 1.807) is 0 Å². The first kappa shape index (κ1) is 13.2. The number of unbranched alkanes of at least 4 members (excludes halogenated alkanes) is 2. The van der Waals surface area contributed by atoms with Crippen molar-refractivity contribution >= 4 is 0 Å². The van der Waals surface area contributed by atoms with Crippen molar-refractivity contribution in [3.8, 4) is 0 Å². The Hall–Kier alpha value is -0.870. The second-order valence-electron chi connectivity index (χ2n) is 4.19.